The molecular weight excluding hydrogens is 511 g/mol. The molecule has 2 atom stereocenters. The Morgan fingerprint density at radius 2 is 1.90 bits per heavy atom. The van der Waals surface area contributed by atoms with Gasteiger partial charge in [-0.3, -0.25) is 5.32 Å². The summed E-state index contributed by atoms with van der Waals surface area (Å²) in [5.41, 5.74) is 4.65. The molecular formula is C29H39FN8O2. The van der Waals surface area contributed by atoms with Gasteiger partial charge in [0.2, 0.25) is 0 Å². The first kappa shape index (κ1) is 26.9. The number of hydrogen-bond acceptors (Lipinski definition) is 8. The Balaban J connectivity index is 1.52. The van der Waals surface area contributed by atoms with Crippen LogP contribution in [0, 0.1) is 23.6 Å². The van der Waals surface area contributed by atoms with E-state index in [2.05, 4.69) is 39.5 Å². The number of amides is 1. The number of fused-ring (bicyclic) bond motifs is 1. The largest absolute Gasteiger partial charge is 0.427 e. The quantitative estimate of drug-likeness (QED) is 0.321. The zero-order chi connectivity index (χ0) is 28.0. The normalized spacial score (nSPS) is 24.1. The van der Waals surface area contributed by atoms with Crippen LogP contribution in [0.1, 0.15) is 96.1 Å². The molecule has 1 unspecified atom stereocenters. The molecule has 2 aliphatic carbocycles. The van der Waals surface area contributed by atoms with Crippen LogP contribution >= 0.6 is 0 Å². The first-order valence-corrected chi connectivity index (χ1v) is 14.7. The summed E-state index contributed by atoms with van der Waals surface area (Å²) in [5, 5.41) is 6.33. The number of carbonyl (C=O) groups is 1. The van der Waals surface area contributed by atoms with Crippen LogP contribution in [0.3, 0.4) is 0 Å². The zero-order valence-electron chi connectivity index (χ0n) is 23.7. The molecule has 214 valence electrons. The van der Waals surface area contributed by atoms with Gasteiger partial charge in [-0.1, -0.05) is 40.0 Å². The number of nitrogens with one attached hydrogen (secondary N) is 3. The Hall–Kier alpha value is -3.34. The summed E-state index contributed by atoms with van der Waals surface area (Å²) in [6.07, 6.45) is 8.50. The van der Waals surface area contributed by atoms with Crippen molar-refractivity contribution in [3.05, 3.63) is 29.5 Å². The van der Waals surface area contributed by atoms with E-state index in [4.69, 9.17) is 19.8 Å². The van der Waals surface area contributed by atoms with Crippen LogP contribution in [0.15, 0.2) is 12.3 Å². The van der Waals surface area contributed by atoms with E-state index in [0.717, 1.165) is 24.3 Å². The fraction of sp³-hybridized carbons (Fsp3) is 0.621. The number of hydrogen-bond donors (Lipinski definition) is 3. The Morgan fingerprint density at radius 3 is 2.55 bits per heavy atom. The highest BCUT2D eigenvalue weighted by Gasteiger charge is 2.32. The molecule has 3 aliphatic rings. The van der Waals surface area contributed by atoms with Crippen LogP contribution in [-0.2, 0) is 11.4 Å². The van der Waals surface area contributed by atoms with E-state index in [-0.39, 0.29) is 23.5 Å². The molecule has 1 aliphatic heterocycles. The fourth-order valence-electron chi connectivity index (χ4n) is 6.15. The van der Waals surface area contributed by atoms with Gasteiger partial charge in [-0.15, -0.1) is 5.48 Å². The van der Waals surface area contributed by atoms with Crippen LogP contribution in [-0.4, -0.2) is 36.6 Å². The van der Waals surface area contributed by atoms with Crippen molar-refractivity contribution < 1.29 is 14.0 Å². The van der Waals surface area contributed by atoms with Crippen LogP contribution in [0.2, 0.25) is 0 Å². The smallest absolute Gasteiger partial charge is 0.365 e. The minimum atomic E-state index is -0.718. The summed E-state index contributed by atoms with van der Waals surface area (Å²) in [5.74, 6) is 2.78. The number of aromatic nitrogens is 5. The van der Waals surface area contributed by atoms with E-state index in [1.807, 2.05) is 13.8 Å². The second-order valence-corrected chi connectivity index (χ2v) is 12.2. The Kier molecular flexibility index (Phi) is 7.33. The van der Waals surface area contributed by atoms with E-state index in [9.17, 15) is 4.79 Å². The molecule has 4 heterocycles. The number of imidazole rings is 1. The van der Waals surface area contributed by atoms with Crippen molar-refractivity contribution in [3.63, 3.8) is 0 Å². The zero-order valence-corrected chi connectivity index (χ0v) is 23.7. The number of rotatable bonds is 8. The number of hydroxylamine groups is 1. The van der Waals surface area contributed by atoms with Crippen molar-refractivity contribution in [1.82, 2.24) is 35.3 Å². The molecule has 1 saturated heterocycles. The van der Waals surface area contributed by atoms with E-state index in [1.165, 1.54) is 32.1 Å². The molecule has 6 rings (SSSR count). The molecule has 11 heteroatoms. The van der Waals surface area contributed by atoms with Crippen LogP contribution in [0.4, 0.5) is 15.0 Å². The van der Waals surface area contributed by atoms with Gasteiger partial charge in [0.05, 0.1) is 0 Å². The molecule has 0 radical (unpaired) electrons. The summed E-state index contributed by atoms with van der Waals surface area (Å²) in [6.45, 7) is 9.11. The predicted octanol–water partition coefficient (Wildman–Crippen LogP) is 5.82. The summed E-state index contributed by atoms with van der Waals surface area (Å²) < 4.78 is 18.0. The lowest BCUT2D eigenvalue weighted by Gasteiger charge is -2.32. The van der Waals surface area contributed by atoms with E-state index in [0.29, 0.717) is 47.1 Å². The highest BCUT2D eigenvalue weighted by atomic mass is 19.1. The Bertz CT molecular complexity index is 1400. The van der Waals surface area contributed by atoms with Gasteiger partial charge in [0.25, 0.3) is 0 Å². The van der Waals surface area contributed by atoms with Crippen molar-refractivity contribution in [2.24, 2.45) is 17.8 Å². The van der Waals surface area contributed by atoms with Gasteiger partial charge in [0.1, 0.15) is 11.2 Å². The second kappa shape index (κ2) is 10.9. The third kappa shape index (κ3) is 5.11. The third-order valence-electron chi connectivity index (χ3n) is 8.96. The molecule has 0 bridgehead atoms. The number of halogens is 1. The SMILES string of the molecule is CC1CCC(Cn2c(-c3nccc(C(C)C)c3F)nc3nc(C4NOC(=O)N4)nc(N[C@H](C)C4CCC4)c32)CC1. The highest BCUT2D eigenvalue weighted by Crippen LogP contribution is 2.37. The topological polar surface area (TPSA) is 119 Å². The first-order valence-electron chi connectivity index (χ1n) is 14.7. The van der Waals surface area contributed by atoms with Crippen molar-refractivity contribution in [2.45, 2.75) is 97.3 Å². The molecule has 0 aromatic carbocycles. The third-order valence-corrected chi connectivity index (χ3v) is 8.96. The fourth-order valence-corrected chi connectivity index (χ4v) is 6.15. The van der Waals surface area contributed by atoms with Gasteiger partial charge in [-0.25, -0.2) is 29.1 Å². The predicted molar refractivity (Wildman–Crippen MR) is 150 cm³/mol. The van der Waals surface area contributed by atoms with Crippen LogP contribution in [0.5, 0.6) is 0 Å². The molecule has 3 aromatic heterocycles. The highest BCUT2D eigenvalue weighted by molar-refractivity contribution is 5.87. The molecule has 40 heavy (non-hydrogen) atoms. The average molecular weight is 551 g/mol. The average Bonchev–Trinajstić information content (AvgIpc) is 3.48. The summed E-state index contributed by atoms with van der Waals surface area (Å²) in [7, 11) is 0. The lowest BCUT2D eigenvalue weighted by molar-refractivity contribution is 0.120. The maximum atomic E-state index is 15.9. The second-order valence-electron chi connectivity index (χ2n) is 12.2. The number of pyridine rings is 1. The number of carbonyl (C=O) groups excluding carboxylic acids is 1. The summed E-state index contributed by atoms with van der Waals surface area (Å²) in [6, 6.07) is 1.92. The molecule has 3 N–H and O–H groups in total. The number of nitrogens with zero attached hydrogens (tertiary/aromatic N) is 5. The van der Waals surface area contributed by atoms with Crippen LogP contribution in [0.25, 0.3) is 22.7 Å². The number of anilines is 1. The Labute approximate surface area is 233 Å². The van der Waals surface area contributed by atoms with Gasteiger partial charge in [0.15, 0.2) is 35.1 Å². The van der Waals surface area contributed by atoms with Crippen molar-refractivity contribution in [2.75, 3.05) is 5.32 Å². The molecule has 2 saturated carbocycles. The molecule has 3 aromatic rings. The summed E-state index contributed by atoms with van der Waals surface area (Å²) >= 11 is 0. The minimum absolute atomic E-state index is 0.00316. The maximum Gasteiger partial charge on any atom is 0.427 e. The molecule has 3 fully saturated rings. The van der Waals surface area contributed by atoms with Crippen molar-refractivity contribution >= 4 is 23.1 Å². The van der Waals surface area contributed by atoms with Crippen LogP contribution < -0.4 is 16.1 Å². The van der Waals surface area contributed by atoms with Crippen molar-refractivity contribution in [1.29, 1.82) is 0 Å². The van der Waals surface area contributed by atoms with Gasteiger partial charge < -0.3 is 14.7 Å². The first-order chi connectivity index (χ1) is 19.3. The Morgan fingerprint density at radius 1 is 1.12 bits per heavy atom. The molecule has 10 nitrogen and oxygen atoms in total. The van der Waals surface area contributed by atoms with Gasteiger partial charge >= 0.3 is 6.09 Å². The lowest BCUT2D eigenvalue weighted by atomic mass is 9.80. The summed E-state index contributed by atoms with van der Waals surface area (Å²) in [4.78, 5) is 35.7. The maximum absolute atomic E-state index is 15.9. The van der Waals surface area contributed by atoms with E-state index in [1.54, 1.807) is 12.3 Å². The minimum Gasteiger partial charge on any atom is -0.365 e. The van der Waals surface area contributed by atoms with Gasteiger partial charge in [-0.05, 0) is 67.9 Å². The van der Waals surface area contributed by atoms with Gasteiger partial charge in [0, 0.05) is 18.8 Å². The van der Waals surface area contributed by atoms with Gasteiger partial charge in [-0.2, -0.15) is 0 Å². The van der Waals surface area contributed by atoms with E-state index < -0.39 is 12.3 Å². The standard InChI is InChI=1S/C29H39FN8O2/c1-15(2)20-12-13-31-22(21(20)30)28-35-25-23(38(28)14-18-10-8-16(3)9-11-18)24(32-17(4)19-6-5-7-19)33-26(34-25)27-36-29(39)40-37-27/h12-13,15-19,27,37H,5-11,14H2,1-4H3,(H,36,39)(H,32,33,34)/t16?,17-,18?,27?/m1/s1. The molecule has 0 spiro atoms. The van der Waals surface area contributed by atoms with Crippen molar-refractivity contribution in [3.8, 4) is 11.5 Å². The van der Waals surface area contributed by atoms with E-state index >= 15 is 4.39 Å². The monoisotopic (exact) mass is 550 g/mol. The lowest BCUT2D eigenvalue weighted by Crippen LogP contribution is -2.32. The molecule has 1 amide bonds.